The van der Waals surface area contributed by atoms with E-state index in [1.807, 2.05) is 0 Å². The molecule has 2 rings (SSSR count). The first-order valence-electron chi connectivity index (χ1n) is 7.85. The largest absolute Gasteiger partial charge is 0.493 e. The van der Waals surface area contributed by atoms with Gasteiger partial charge in [0.1, 0.15) is 6.04 Å². The fourth-order valence-electron chi connectivity index (χ4n) is 2.88. The second kappa shape index (κ2) is 7.92. The first-order valence-corrected chi connectivity index (χ1v) is 9.69. The number of hydrogen-bond acceptors (Lipinski definition) is 7. The molecule has 0 spiro atoms. The van der Waals surface area contributed by atoms with Crippen LogP contribution in [-0.4, -0.2) is 64.8 Å². The second-order valence-corrected chi connectivity index (χ2v) is 7.70. The van der Waals surface area contributed by atoms with Gasteiger partial charge >= 0.3 is 5.97 Å². The fraction of sp³-hybridized carbons (Fsp3) is 0.500. The van der Waals surface area contributed by atoms with Crippen LogP contribution in [0.3, 0.4) is 0 Å². The maximum absolute atomic E-state index is 12.6. The van der Waals surface area contributed by atoms with E-state index in [1.54, 1.807) is 0 Å². The number of esters is 1. The number of hydrogen-bond donors (Lipinski definition) is 1. The lowest BCUT2D eigenvalue weighted by molar-refractivity contribution is -0.119. The third-order valence-corrected chi connectivity index (χ3v) is 5.41. The molecule has 1 fully saturated rings. The molecule has 9 nitrogen and oxygen atoms in total. The Morgan fingerprint density at radius 2 is 1.77 bits per heavy atom. The molecule has 1 unspecified atom stereocenters. The van der Waals surface area contributed by atoms with E-state index in [0.29, 0.717) is 24.3 Å². The van der Waals surface area contributed by atoms with Gasteiger partial charge in [-0.3, -0.25) is 4.79 Å². The smallest absolute Gasteiger partial charge is 0.340 e. The third kappa shape index (κ3) is 4.07. The standard InChI is InChI=1S/C16H22N2O7S/c1-23-13-8-10(16(20)25-3)11(9-14(13)24-2)17-15(19)12-6-5-7-18(12)26(4,21)22/h8-9,12H,5-7H2,1-4H3,(H,17,19). The summed E-state index contributed by atoms with van der Waals surface area (Å²) in [6, 6.07) is 2.00. The van der Waals surface area contributed by atoms with Gasteiger partial charge in [0.15, 0.2) is 11.5 Å². The van der Waals surface area contributed by atoms with E-state index >= 15 is 0 Å². The van der Waals surface area contributed by atoms with Crippen molar-refractivity contribution in [3.05, 3.63) is 17.7 Å². The summed E-state index contributed by atoms with van der Waals surface area (Å²) in [4.78, 5) is 24.7. The minimum atomic E-state index is -3.51. The minimum absolute atomic E-state index is 0.0717. The molecule has 1 amide bonds. The lowest BCUT2D eigenvalue weighted by Gasteiger charge is -2.22. The Labute approximate surface area is 152 Å². The highest BCUT2D eigenvalue weighted by Gasteiger charge is 2.37. The zero-order valence-corrected chi connectivity index (χ0v) is 15.9. The van der Waals surface area contributed by atoms with Crippen LogP contribution in [0.2, 0.25) is 0 Å². The molecule has 0 saturated carbocycles. The summed E-state index contributed by atoms with van der Waals surface area (Å²) in [5, 5.41) is 2.61. The van der Waals surface area contributed by atoms with Crippen LogP contribution >= 0.6 is 0 Å². The van der Waals surface area contributed by atoms with Crippen LogP contribution in [0, 0.1) is 0 Å². The first-order chi connectivity index (χ1) is 12.2. The van der Waals surface area contributed by atoms with E-state index in [4.69, 9.17) is 14.2 Å². The lowest BCUT2D eigenvalue weighted by atomic mass is 10.1. The molecular formula is C16H22N2O7S. The molecule has 1 aliphatic rings. The maximum atomic E-state index is 12.6. The van der Waals surface area contributed by atoms with Gasteiger partial charge in [0.05, 0.1) is 38.8 Å². The van der Waals surface area contributed by atoms with E-state index in [1.165, 1.54) is 33.5 Å². The number of rotatable bonds is 6. The molecule has 144 valence electrons. The van der Waals surface area contributed by atoms with Crippen molar-refractivity contribution in [3.8, 4) is 11.5 Å². The topological polar surface area (TPSA) is 111 Å². The van der Waals surface area contributed by atoms with E-state index in [9.17, 15) is 18.0 Å². The third-order valence-electron chi connectivity index (χ3n) is 4.12. The van der Waals surface area contributed by atoms with Crippen LogP contribution in [-0.2, 0) is 19.6 Å². The van der Waals surface area contributed by atoms with E-state index < -0.39 is 27.9 Å². The van der Waals surface area contributed by atoms with Crippen LogP contribution < -0.4 is 14.8 Å². The quantitative estimate of drug-likeness (QED) is 0.722. The number of amides is 1. The van der Waals surface area contributed by atoms with Crippen molar-refractivity contribution in [2.45, 2.75) is 18.9 Å². The van der Waals surface area contributed by atoms with E-state index in [0.717, 1.165) is 10.6 Å². The summed E-state index contributed by atoms with van der Waals surface area (Å²) in [6.07, 6.45) is 2.05. The number of nitrogens with one attached hydrogen (secondary N) is 1. The SMILES string of the molecule is COC(=O)c1cc(OC)c(OC)cc1NC(=O)C1CCCN1S(C)(=O)=O. The average Bonchev–Trinajstić information content (AvgIpc) is 3.10. The summed E-state index contributed by atoms with van der Waals surface area (Å²) < 4.78 is 39.9. The van der Waals surface area contributed by atoms with Crippen LogP contribution in [0.4, 0.5) is 5.69 Å². The number of anilines is 1. The van der Waals surface area contributed by atoms with Gasteiger partial charge in [-0.15, -0.1) is 0 Å². The molecule has 1 aromatic rings. The number of benzene rings is 1. The highest BCUT2D eigenvalue weighted by molar-refractivity contribution is 7.88. The van der Waals surface area contributed by atoms with Crippen molar-refractivity contribution >= 4 is 27.6 Å². The van der Waals surface area contributed by atoms with Gasteiger partial charge in [0, 0.05) is 18.7 Å². The molecule has 1 atom stereocenters. The second-order valence-electron chi connectivity index (χ2n) is 5.77. The molecule has 0 aromatic heterocycles. The summed E-state index contributed by atoms with van der Waals surface area (Å²) >= 11 is 0. The predicted molar refractivity (Wildman–Crippen MR) is 94.1 cm³/mol. The summed E-state index contributed by atoms with van der Waals surface area (Å²) in [5.41, 5.74) is 0.224. The van der Waals surface area contributed by atoms with Crippen molar-refractivity contribution in [1.82, 2.24) is 4.31 Å². The lowest BCUT2D eigenvalue weighted by Crippen LogP contribution is -2.42. The molecule has 1 saturated heterocycles. The van der Waals surface area contributed by atoms with Gasteiger partial charge in [-0.2, -0.15) is 4.31 Å². The summed E-state index contributed by atoms with van der Waals surface area (Å²) in [5.74, 6) is -0.593. The molecule has 0 bridgehead atoms. The maximum Gasteiger partial charge on any atom is 0.340 e. The number of carbonyl (C=O) groups excluding carboxylic acids is 2. The Morgan fingerprint density at radius 1 is 1.15 bits per heavy atom. The molecule has 1 heterocycles. The Kier molecular flexibility index (Phi) is 6.09. The Hall–Kier alpha value is -2.33. The molecule has 0 radical (unpaired) electrons. The van der Waals surface area contributed by atoms with Crippen molar-refractivity contribution < 1.29 is 32.2 Å². The van der Waals surface area contributed by atoms with E-state index in [2.05, 4.69) is 5.32 Å². The number of carbonyl (C=O) groups is 2. The number of ether oxygens (including phenoxy) is 3. The van der Waals surface area contributed by atoms with Crippen molar-refractivity contribution in [2.24, 2.45) is 0 Å². The number of sulfonamides is 1. The normalized spacial score (nSPS) is 17.6. The van der Waals surface area contributed by atoms with Gasteiger partial charge in [-0.25, -0.2) is 13.2 Å². The van der Waals surface area contributed by atoms with Crippen LogP contribution in [0.25, 0.3) is 0 Å². The van der Waals surface area contributed by atoms with E-state index in [-0.39, 0.29) is 17.8 Å². The van der Waals surface area contributed by atoms with Crippen LogP contribution in [0.5, 0.6) is 11.5 Å². The molecule has 1 N–H and O–H groups in total. The first kappa shape index (κ1) is 20.0. The van der Waals surface area contributed by atoms with Crippen molar-refractivity contribution in [3.63, 3.8) is 0 Å². The Balaban J connectivity index is 2.38. The van der Waals surface area contributed by atoms with Crippen molar-refractivity contribution in [1.29, 1.82) is 0 Å². The highest BCUT2D eigenvalue weighted by Crippen LogP contribution is 2.34. The Bertz CT molecular complexity index is 807. The molecular weight excluding hydrogens is 364 g/mol. The number of nitrogens with zero attached hydrogens (tertiary/aromatic N) is 1. The van der Waals surface area contributed by atoms with Gasteiger partial charge in [-0.1, -0.05) is 0 Å². The predicted octanol–water partition coefficient (Wildman–Crippen LogP) is 0.853. The van der Waals surface area contributed by atoms with Gasteiger partial charge in [0.2, 0.25) is 15.9 Å². The molecule has 10 heteroatoms. The highest BCUT2D eigenvalue weighted by atomic mass is 32.2. The zero-order valence-electron chi connectivity index (χ0n) is 15.1. The van der Waals surface area contributed by atoms with Gasteiger partial charge in [0.25, 0.3) is 0 Å². The summed E-state index contributed by atoms with van der Waals surface area (Å²) in [7, 11) is 0.544. The number of methoxy groups -OCH3 is 3. The molecule has 1 aromatic carbocycles. The van der Waals surface area contributed by atoms with Crippen LogP contribution in [0.1, 0.15) is 23.2 Å². The molecule has 26 heavy (non-hydrogen) atoms. The zero-order chi connectivity index (χ0) is 19.5. The van der Waals surface area contributed by atoms with Gasteiger partial charge < -0.3 is 19.5 Å². The minimum Gasteiger partial charge on any atom is -0.493 e. The van der Waals surface area contributed by atoms with Gasteiger partial charge in [-0.05, 0) is 12.8 Å². The fourth-order valence-corrected chi connectivity index (χ4v) is 4.00. The Morgan fingerprint density at radius 3 is 2.31 bits per heavy atom. The average molecular weight is 386 g/mol. The molecule has 0 aliphatic carbocycles. The molecule has 1 aliphatic heterocycles. The summed E-state index contributed by atoms with van der Waals surface area (Å²) in [6.45, 7) is 0.284. The van der Waals surface area contributed by atoms with Crippen molar-refractivity contribution in [2.75, 3.05) is 39.4 Å². The van der Waals surface area contributed by atoms with Crippen LogP contribution in [0.15, 0.2) is 12.1 Å². The monoisotopic (exact) mass is 386 g/mol.